The number of halogens is 1. The number of hydrogen-bond donors (Lipinski definition) is 0. The summed E-state index contributed by atoms with van der Waals surface area (Å²) in [5, 5.41) is 16.6. The summed E-state index contributed by atoms with van der Waals surface area (Å²) in [7, 11) is 0. The van der Waals surface area contributed by atoms with Crippen molar-refractivity contribution in [2.24, 2.45) is 5.10 Å². The van der Waals surface area contributed by atoms with Crippen LogP contribution < -0.4 is 5.01 Å². The van der Waals surface area contributed by atoms with Crippen molar-refractivity contribution in [3.05, 3.63) is 93.2 Å². The van der Waals surface area contributed by atoms with E-state index in [1.807, 2.05) is 0 Å². The number of benzene rings is 3. The molecule has 3 aromatic carbocycles. The number of fused-ring (bicyclic) bond motifs is 2. The zero-order valence-electron chi connectivity index (χ0n) is 16.6. The minimum absolute atomic E-state index is 0.0499. The van der Waals surface area contributed by atoms with Gasteiger partial charge in [0.05, 0.1) is 37.1 Å². The van der Waals surface area contributed by atoms with Gasteiger partial charge in [-0.25, -0.2) is 14.4 Å². The number of non-ortho nitro benzene ring substituents is 1. The van der Waals surface area contributed by atoms with Gasteiger partial charge in [-0.05, 0) is 54.1 Å². The van der Waals surface area contributed by atoms with Crippen molar-refractivity contribution in [1.29, 1.82) is 0 Å². The van der Waals surface area contributed by atoms with E-state index in [2.05, 4.69) is 15.1 Å². The Balaban J connectivity index is 1.55. The number of hydrazone groups is 1. The minimum atomic E-state index is -0.493. The summed E-state index contributed by atoms with van der Waals surface area (Å²) in [6.45, 7) is 0. The fourth-order valence-electron chi connectivity index (χ4n) is 3.08. The first-order valence-corrected chi connectivity index (χ1v) is 11.2. The highest BCUT2D eigenvalue weighted by atomic mass is 32.1. The van der Waals surface area contributed by atoms with E-state index in [1.165, 1.54) is 60.0 Å². The average Bonchev–Trinajstić information content (AvgIpc) is 3.45. The van der Waals surface area contributed by atoms with Gasteiger partial charge in [0.2, 0.25) is 5.13 Å². The van der Waals surface area contributed by atoms with Crippen LogP contribution in [0, 0.1) is 15.9 Å². The van der Waals surface area contributed by atoms with E-state index in [0.717, 1.165) is 26.6 Å². The lowest BCUT2D eigenvalue weighted by Gasteiger charge is -2.14. The molecule has 0 unspecified atom stereocenters. The van der Waals surface area contributed by atoms with Crippen LogP contribution in [0.15, 0.2) is 71.3 Å². The van der Waals surface area contributed by atoms with Crippen molar-refractivity contribution in [2.75, 3.05) is 5.01 Å². The largest absolute Gasteiger partial charge is 0.280 e. The van der Waals surface area contributed by atoms with E-state index in [0.29, 0.717) is 21.3 Å². The van der Waals surface area contributed by atoms with Gasteiger partial charge in [0.25, 0.3) is 11.6 Å². The summed E-state index contributed by atoms with van der Waals surface area (Å²) in [5.74, 6) is -0.830. The molecule has 0 atom stereocenters. The molecule has 8 nitrogen and oxygen atoms in total. The van der Waals surface area contributed by atoms with Crippen molar-refractivity contribution < 1.29 is 14.1 Å². The Hall–Kier alpha value is -4.09. The molecule has 2 aromatic heterocycles. The SMILES string of the molecule is O=C(c1ccc2ncsc2c1)N(/N=C/c1ccc([N+](=O)[O-])cc1)c1nc2ccc(F)cc2s1. The third-order valence-electron chi connectivity index (χ3n) is 4.72. The highest BCUT2D eigenvalue weighted by Gasteiger charge is 2.22. The summed E-state index contributed by atoms with van der Waals surface area (Å²) < 4.78 is 15.1. The Bertz CT molecular complexity index is 1550. The number of carbonyl (C=O) groups excluding carboxylic acids is 1. The predicted molar refractivity (Wildman–Crippen MR) is 127 cm³/mol. The van der Waals surface area contributed by atoms with Crippen LogP contribution in [0.1, 0.15) is 15.9 Å². The van der Waals surface area contributed by atoms with Crippen LogP contribution in [-0.4, -0.2) is 27.0 Å². The van der Waals surface area contributed by atoms with Gasteiger partial charge in [-0.3, -0.25) is 14.9 Å². The molecule has 11 heteroatoms. The van der Waals surface area contributed by atoms with Crippen LogP contribution in [0.25, 0.3) is 20.4 Å². The first-order valence-electron chi connectivity index (χ1n) is 9.50. The van der Waals surface area contributed by atoms with Crippen LogP contribution in [0.3, 0.4) is 0 Å². The Kier molecular flexibility index (Phi) is 5.32. The Morgan fingerprint density at radius 2 is 1.85 bits per heavy atom. The zero-order valence-corrected chi connectivity index (χ0v) is 18.2. The lowest BCUT2D eigenvalue weighted by molar-refractivity contribution is -0.384. The number of anilines is 1. The monoisotopic (exact) mass is 477 g/mol. The number of rotatable bonds is 5. The van der Waals surface area contributed by atoms with Gasteiger partial charge in [-0.1, -0.05) is 11.3 Å². The number of nitrogens with zero attached hydrogens (tertiary/aromatic N) is 5. The van der Waals surface area contributed by atoms with Gasteiger partial charge in [0, 0.05) is 17.7 Å². The molecule has 0 fully saturated rings. The van der Waals surface area contributed by atoms with Crippen molar-refractivity contribution in [2.45, 2.75) is 0 Å². The average molecular weight is 478 g/mol. The summed E-state index contributed by atoms with van der Waals surface area (Å²) in [6.07, 6.45) is 1.42. The molecule has 2 heterocycles. The smallest absolute Gasteiger partial charge is 0.267 e. The summed E-state index contributed by atoms with van der Waals surface area (Å²) in [5.41, 5.74) is 3.92. The summed E-state index contributed by atoms with van der Waals surface area (Å²) in [4.78, 5) is 32.5. The number of aromatic nitrogens is 2. The van der Waals surface area contributed by atoms with Crippen molar-refractivity contribution >= 4 is 66.0 Å². The van der Waals surface area contributed by atoms with Gasteiger partial charge in [-0.2, -0.15) is 10.1 Å². The van der Waals surface area contributed by atoms with Gasteiger partial charge in [0.15, 0.2) is 0 Å². The summed E-state index contributed by atoms with van der Waals surface area (Å²) >= 11 is 2.55. The Morgan fingerprint density at radius 3 is 2.64 bits per heavy atom. The van der Waals surface area contributed by atoms with Crippen LogP contribution >= 0.6 is 22.7 Å². The second kappa shape index (κ2) is 8.45. The molecule has 33 heavy (non-hydrogen) atoms. The maximum Gasteiger partial charge on any atom is 0.280 e. The molecule has 0 radical (unpaired) electrons. The van der Waals surface area contributed by atoms with E-state index in [-0.39, 0.29) is 10.8 Å². The molecule has 0 N–H and O–H groups in total. The Morgan fingerprint density at radius 1 is 1.06 bits per heavy atom. The molecular weight excluding hydrogens is 465 g/mol. The highest BCUT2D eigenvalue weighted by molar-refractivity contribution is 7.22. The fraction of sp³-hybridized carbons (Fsp3) is 0. The number of nitro groups is 1. The molecular formula is C22H12FN5O3S2. The number of nitro benzene ring substituents is 1. The standard InChI is InChI=1S/C22H12FN5O3S2/c23-15-4-8-18-20(10-15)33-22(26-18)27(25-11-13-1-5-16(6-2-13)28(30)31)21(29)14-3-7-17-19(9-14)32-12-24-17/h1-12H/b25-11+. The van der Waals surface area contributed by atoms with E-state index >= 15 is 0 Å². The van der Waals surface area contributed by atoms with Crippen molar-refractivity contribution in [3.8, 4) is 0 Å². The van der Waals surface area contributed by atoms with Crippen molar-refractivity contribution in [1.82, 2.24) is 9.97 Å². The van der Waals surface area contributed by atoms with Crippen LogP contribution in [0.4, 0.5) is 15.2 Å². The van der Waals surface area contributed by atoms with E-state index in [1.54, 1.807) is 23.7 Å². The molecule has 0 saturated carbocycles. The minimum Gasteiger partial charge on any atom is -0.267 e. The van der Waals surface area contributed by atoms with Crippen molar-refractivity contribution in [3.63, 3.8) is 0 Å². The second-order valence-electron chi connectivity index (χ2n) is 6.85. The zero-order chi connectivity index (χ0) is 22.9. The van der Waals surface area contributed by atoms with Crippen LogP contribution in [0.5, 0.6) is 0 Å². The fourth-order valence-corrected chi connectivity index (χ4v) is 4.75. The normalized spacial score (nSPS) is 11.4. The predicted octanol–water partition coefficient (Wildman–Crippen LogP) is 5.63. The van der Waals surface area contributed by atoms with E-state index in [9.17, 15) is 19.3 Å². The first-order chi connectivity index (χ1) is 16.0. The van der Waals surface area contributed by atoms with Gasteiger partial charge in [-0.15, -0.1) is 11.3 Å². The molecule has 0 aliphatic carbocycles. The molecule has 5 aromatic rings. The van der Waals surface area contributed by atoms with Gasteiger partial charge in [0.1, 0.15) is 5.82 Å². The van der Waals surface area contributed by atoms with Crippen LogP contribution in [-0.2, 0) is 0 Å². The molecule has 0 aliphatic rings. The maximum atomic E-state index is 13.7. The topological polar surface area (TPSA) is 102 Å². The maximum absolute atomic E-state index is 13.7. The first kappa shape index (κ1) is 20.8. The van der Waals surface area contributed by atoms with Crippen LogP contribution in [0.2, 0.25) is 0 Å². The van der Waals surface area contributed by atoms with E-state index < -0.39 is 16.6 Å². The molecule has 0 saturated heterocycles. The lowest BCUT2D eigenvalue weighted by atomic mass is 10.2. The van der Waals surface area contributed by atoms with Gasteiger partial charge < -0.3 is 0 Å². The van der Waals surface area contributed by atoms with E-state index in [4.69, 9.17) is 0 Å². The number of carbonyl (C=O) groups is 1. The number of amides is 1. The molecule has 0 aliphatic heterocycles. The second-order valence-corrected chi connectivity index (χ2v) is 8.75. The molecule has 0 bridgehead atoms. The molecule has 5 rings (SSSR count). The number of hydrogen-bond acceptors (Lipinski definition) is 8. The molecule has 0 spiro atoms. The quantitative estimate of drug-likeness (QED) is 0.185. The third kappa shape index (κ3) is 4.19. The summed E-state index contributed by atoms with van der Waals surface area (Å²) in [6, 6.07) is 15.1. The molecule has 162 valence electrons. The lowest BCUT2D eigenvalue weighted by Crippen LogP contribution is -2.25. The molecule has 1 amide bonds. The van der Waals surface area contributed by atoms with Gasteiger partial charge >= 0.3 is 0 Å². The third-order valence-corrected chi connectivity index (χ3v) is 6.50. The Labute approximate surface area is 193 Å². The number of thiazole rings is 2. The highest BCUT2D eigenvalue weighted by Crippen LogP contribution is 2.31.